The Hall–Kier alpha value is -2.68. The molecular weight excluding hydrogens is 391 g/mol. The van der Waals surface area contributed by atoms with E-state index in [1.54, 1.807) is 17.0 Å². The molecule has 3 amide bonds. The highest BCUT2D eigenvalue weighted by molar-refractivity contribution is 6.39. The van der Waals surface area contributed by atoms with Crippen LogP contribution in [-0.2, 0) is 19.1 Å². The van der Waals surface area contributed by atoms with Crippen molar-refractivity contribution in [2.45, 2.75) is 45.3 Å². The Morgan fingerprint density at radius 2 is 1.73 bits per heavy atom. The Labute approximate surface area is 175 Å². The summed E-state index contributed by atoms with van der Waals surface area (Å²) in [4.78, 5) is 39.7. The van der Waals surface area contributed by atoms with Gasteiger partial charge in [0, 0.05) is 31.9 Å². The van der Waals surface area contributed by atoms with E-state index in [0.29, 0.717) is 31.9 Å². The first-order chi connectivity index (χ1) is 14.3. The molecule has 0 aromatic heterocycles. The molecule has 0 radical (unpaired) electrons. The van der Waals surface area contributed by atoms with E-state index in [1.807, 2.05) is 18.7 Å². The van der Waals surface area contributed by atoms with Gasteiger partial charge in [-0.25, -0.2) is 4.39 Å². The van der Waals surface area contributed by atoms with Crippen LogP contribution in [0.25, 0.3) is 0 Å². The Morgan fingerprint density at radius 1 is 1.07 bits per heavy atom. The van der Waals surface area contributed by atoms with Gasteiger partial charge in [-0.05, 0) is 51.3 Å². The third-order valence-electron chi connectivity index (χ3n) is 5.28. The zero-order valence-corrected chi connectivity index (χ0v) is 17.4. The molecule has 8 nitrogen and oxygen atoms in total. The van der Waals surface area contributed by atoms with E-state index in [2.05, 4.69) is 10.6 Å². The van der Waals surface area contributed by atoms with E-state index in [-0.39, 0.29) is 30.3 Å². The molecule has 0 aliphatic carbocycles. The molecule has 2 saturated heterocycles. The highest BCUT2D eigenvalue weighted by Crippen LogP contribution is 2.26. The van der Waals surface area contributed by atoms with Gasteiger partial charge in [0.05, 0.1) is 24.4 Å². The van der Waals surface area contributed by atoms with Crippen LogP contribution in [0.1, 0.15) is 33.1 Å². The number of anilines is 2. The van der Waals surface area contributed by atoms with Crippen molar-refractivity contribution in [2.75, 3.05) is 42.9 Å². The number of likely N-dealkylation sites (tertiary alicyclic amines) is 1. The maximum absolute atomic E-state index is 14.6. The summed E-state index contributed by atoms with van der Waals surface area (Å²) in [5, 5.41) is 4.70. The lowest BCUT2D eigenvalue weighted by Crippen LogP contribution is -2.45. The van der Waals surface area contributed by atoms with E-state index in [9.17, 15) is 18.8 Å². The third kappa shape index (κ3) is 5.69. The summed E-state index contributed by atoms with van der Waals surface area (Å²) in [6.07, 6.45) is 2.97. The lowest BCUT2D eigenvalue weighted by Gasteiger charge is -2.37. The largest absolute Gasteiger partial charge is 0.372 e. The quantitative estimate of drug-likeness (QED) is 0.721. The average Bonchev–Trinajstić information content (AvgIpc) is 2.71. The normalized spacial score (nSPS) is 21.8. The third-order valence-corrected chi connectivity index (χ3v) is 5.28. The number of hydrogen-bond donors (Lipinski definition) is 2. The van der Waals surface area contributed by atoms with Crippen molar-refractivity contribution in [2.24, 2.45) is 0 Å². The second-order valence-corrected chi connectivity index (χ2v) is 7.91. The van der Waals surface area contributed by atoms with Gasteiger partial charge in [-0.3, -0.25) is 14.4 Å². The predicted octanol–water partition coefficient (Wildman–Crippen LogP) is 1.51. The van der Waals surface area contributed by atoms with Crippen LogP contribution in [0.2, 0.25) is 0 Å². The lowest BCUT2D eigenvalue weighted by molar-refractivity contribution is -0.138. The molecule has 30 heavy (non-hydrogen) atoms. The van der Waals surface area contributed by atoms with E-state index in [1.165, 1.54) is 6.07 Å². The lowest BCUT2D eigenvalue weighted by atomic mass is 10.1. The number of carbonyl (C=O) groups excluding carboxylic acids is 3. The Kier molecular flexibility index (Phi) is 7.25. The first-order valence-electron chi connectivity index (χ1n) is 10.4. The molecule has 0 saturated carbocycles. The molecule has 0 bridgehead atoms. The first-order valence-corrected chi connectivity index (χ1v) is 10.4. The molecule has 0 unspecified atom stereocenters. The SMILES string of the molecule is C[C@H]1CN(c2ccc(NC(=O)C(=O)NCC(=O)N3CCCCC3)cc2F)C[C@H](C)O1. The standard InChI is InChI=1S/C21H29FN4O4/c1-14-12-26(13-15(2)30-14)18-7-6-16(10-17(18)22)24-21(29)20(28)23-11-19(27)25-8-4-3-5-9-25/h6-7,10,14-15H,3-5,8-9,11-13H2,1-2H3,(H,23,28)(H,24,29)/t14-,15-/m0/s1. The minimum Gasteiger partial charge on any atom is -0.372 e. The van der Waals surface area contributed by atoms with Crippen LogP contribution in [0, 0.1) is 5.82 Å². The molecule has 3 rings (SSSR count). The summed E-state index contributed by atoms with van der Waals surface area (Å²) in [5.74, 6) is -2.57. The van der Waals surface area contributed by atoms with Gasteiger partial charge in [-0.2, -0.15) is 0 Å². The number of amides is 3. The number of piperidine rings is 1. The molecule has 0 spiro atoms. The number of nitrogens with one attached hydrogen (secondary N) is 2. The fourth-order valence-electron chi connectivity index (χ4n) is 3.89. The molecule has 1 aromatic rings. The average molecular weight is 420 g/mol. The molecule has 2 aliphatic heterocycles. The van der Waals surface area contributed by atoms with Crippen molar-refractivity contribution in [3.63, 3.8) is 0 Å². The summed E-state index contributed by atoms with van der Waals surface area (Å²) in [5.41, 5.74) is 0.597. The zero-order valence-electron chi connectivity index (χ0n) is 17.4. The number of ether oxygens (including phenoxy) is 1. The second-order valence-electron chi connectivity index (χ2n) is 7.91. The summed E-state index contributed by atoms with van der Waals surface area (Å²) in [6, 6.07) is 4.31. The van der Waals surface area contributed by atoms with Crippen molar-refractivity contribution in [3.05, 3.63) is 24.0 Å². The van der Waals surface area contributed by atoms with Gasteiger partial charge in [0.15, 0.2) is 0 Å². The van der Waals surface area contributed by atoms with Gasteiger partial charge in [0.25, 0.3) is 0 Å². The second kappa shape index (κ2) is 9.88. The van der Waals surface area contributed by atoms with Crippen LogP contribution in [0.15, 0.2) is 18.2 Å². The highest BCUT2D eigenvalue weighted by Gasteiger charge is 2.25. The minimum absolute atomic E-state index is 0.0103. The van der Waals surface area contributed by atoms with E-state index in [4.69, 9.17) is 4.74 Å². The fourth-order valence-corrected chi connectivity index (χ4v) is 3.89. The molecule has 2 N–H and O–H groups in total. The fraction of sp³-hybridized carbons (Fsp3) is 0.571. The minimum atomic E-state index is -0.942. The van der Waals surface area contributed by atoms with E-state index < -0.39 is 17.6 Å². The molecule has 2 fully saturated rings. The first kappa shape index (κ1) is 22.0. The van der Waals surface area contributed by atoms with Crippen molar-refractivity contribution >= 4 is 29.1 Å². The van der Waals surface area contributed by atoms with Crippen LogP contribution in [-0.4, -0.2) is 67.6 Å². The van der Waals surface area contributed by atoms with Gasteiger partial charge in [0.2, 0.25) is 5.91 Å². The summed E-state index contributed by atoms with van der Waals surface area (Å²) in [6.45, 7) is 6.13. The topological polar surface area (TPSA) is 91.0 Å². The number of benzene rings is 1. The number of halogens is 1. The molecular formula is C21H29FN4O4. The molecule has 1 aromatic carbocycles. The van der Waals surface area contributed by atoms with Gasteiger partial charge in [-0.1, -0.05) is 0 Å². The van der Waals surface area contributed by atoms with Crippen molar-refractivity contribution in [3.8, 4) is 0 Å². The molecule has 2 aliphatic rings. The monoisotopic (exact) mass is 420 g/mol. The number of morpholine rings is 1. The van der Waals surface area contributed by atoms with Crippen LogP contribution in [0.3, 0.4) is 0 Å². The predicted molar refractivity (Wildman–Crippen MR) is 111 cm³/mol. The summed E-state index contributed by atoms with van der Waals surface area (Å²) >= 11 is 0. The van der Waals surface area contributed by atoms with Gasteiger partial charge < -0.3 is 25.2 Å². The van der Waals surface area contributed by atoms with Crippen LogP contribution >= 0.6 is 0 Å². The highest BCUT2D eigenvalue weighted by atomic mass is 19.1. The summed E-state index contributed by atoms with van der Waals surface area (Å²) in [7, 11) is 0. The number of carbonyl (C=O) groups is 3. The Bertz CT molecular complexity index is 787. The maximum atomic E-state index is 14.6. The van der Waals surface area contributed by atoms with Crippen LogP contribution in [0.5, 0.6) is 0 Å². The number of hydrogen-bond acceptors (Lipinski definition) is 5. The van der Waals surface area contributed by atoms with Gasteiger partial charge in [0.1, 0.15) is 5.82 Å². The van der Waals surface area contributed by atoms with Gasteiger partial charge in [-0.15, -0.1) is 0 Å². The van der Waals surface area contributed by atoms with E-state index in [0.717, 1.165) is 19.3 Å². The molecule has 164 valence electrons. The smallest absolute Gasteiger partial charge is 0.313 e. The van der Waals surface area contributed by atoms with Gasteiger partial charge >= 0.3 is 11.8 Å². The van der Waals surface area contributed by atoms with Crippen LogP contribution in [0.4, 0.5) is 15.8 Å². The zero-order chi connectivity index (χ0) is 21.7. The van der Waals surface area contributed by atoms with Crippen molar-refractivity contribution < 1.29 is 23.5 Å². The Morgan fingerprint density at radius 3 is 2.37 bits per heavy atom. The van der Waals surface area contributed by atoms with E-state index >= 15 is 0 Å². The Balaban J connectivity index is 1.52. The van der Waals surface area contributed by atoms with Crippen molar-refractivity contribution in [1.82, 2.24) is 10.2 Å². The maximum Gasteiger partial charge on any atom is 0.313 e. The summed E-state index contributed by atoms with van der Waals surface area (Å²) < 4.78 is 20.3. The number of nitrogens with zero attached hydrogens (tertiary/aromatic N) is 2. The molecule has 9 heteroatoms. The molecule has 2 atom stereocenters. The van der Waals surface area contributed by atoms with Crippen molar-refractivity contribution in [1.29, 1.82) is 0 Å². The number of rotatable bonds is 4. The molecule has 2 heterocycles. The van der Waals surface area contributed by atoms with Crippen LogP contribution < -0.4 is 15.5 Å².